The minimum atomic E-state index is -0.474. The van der Waals surface area contributed by atoms with E-state index in [2.05, 4.69) is 12.1 Å². The summed E-state index contributed by atoms with van der Waals surface area (Å²) in [5.74, 6) is 0.246. The van der Waals surface area contributed by atoms with Crippen LogP contribution >= 0.6 is 0 Å². The molecule has 0 aliphatic carbocycles. The van der Waals surface area contributed by atoms with Crippen molar-refractivity contribution in [1.29, 1.82) is 5.26 Å². The molecule has 0 N–H and O–H groups in total. The zero-order valence-corrected chi connectivity index (χ0v) is 12.9. The first-order valence-electron chi connectivity index (χ1n) is 7.37. The van der Waals surface area contributed by atoms with E-state index in [0.29, 0.717) is 11.5 Å². The summed E-state index contributed by atoms with van der Waals surface area (Å²) in [6.07, 6.45) is 1.87. The van der Waals surface area contributed by atoms with Crippen LogP contribution in [0.1, 0.15) is 50.7 Å². The van der Waals surface area contributed by atoms with Crippen LogP contribution in [-0.2, 0) is 9.63 Å². The Kier molecular flexibility index (Phi) is 4.64. The van der Waals surface area contributed by atoms with Gasteiger partial charge in [0.15, 0.2) is 0 Å². The summed E-state index contributed by atoms with van der Waals surface area (Å²) in [5, 5.41) is 10.7. The Morgan fingerprint density at radius 2 is 2.00 bits per heavy atom. The molecule has 0 saturated carbocycles. The summed E-state index contributed by atoms with van der Waals surface area (Å²) < 4.78 is 0. The monoisotopic (exact) mass is 286 g/mol. The molecule has 0 amide bonds. The molecule has 0 bridgehead atoms. The van der Waals surface area contributed by atoms with Crippen molar-refractivity contribution >= 4 is 5.97 Å². The van der Waals surface area contributed by atoms with Gasteiger partial charge in [0.2, 0.25) is 0 Å². The molecule has 1 aliphatic heterocycles. The van der Waals surface area contributed by atoms with Crippen LogP contribution in [0.2, 0.25) is 0 Å². The Morgan fingerprint density at radius 1 is 1.33 bits per heavy atom. The van der Waals surface area contributed by atoms with Crippen LogP contribution in [0.25, 0.3) is 0 Å². The molecule has 1 aromatic rings. The third kappa shape index (κ3) is 4.05. The normalized spacial score (nSPS) is 17.2. The van der Waals surface area contributed by atoms with Crippen molar-refractivity contribution in [3.63, 3.8) is 0 Å². The van der Waals surface area contributed by atoms with Gasteiger partial charge in [0.05, 0.1) is 17.0 Å². The molecule has 0 aromatic heterocycles. The second kappa shape index (κ2) is 6.28. The van der Waals surface area contributed by atoms with Gasteiger partial charge in [0, 0.05) is 13.1 Å². The first kappa shape index (κ1) is 15.5. The van der Waals surface area contributed by atoms with Gasteiger partial charge >= 0.3 is 5.97 Å². The molecule has 1 aliphatic rings. The van der Waals surface area contributed by atoms with Crippen LogP contribution in [-0.4, -0.2) is 24.1 Å². The fourth-order valence-corrected chi connectivity index (χ4v) is 2.40. The van der Waals surface area contributed by atoms with Gasteiger partial charge in [-0.25, -0.2) is 4.79 Å². The maximum atomic E-state index is 11.9. The highest BCUT2D eigenvalue weighted by Gasteiger charge is 2.28. The minimum absolute atomic E-state index is 0.188. The standard InChI is InChI=1S/C17H22N2O2/c1-17(2,3)16(20)21-19-9-7-14(8-10-19)15-6-4-5-13(11-15)12-18/h4-6,11,14H,7-10H2,1-3H3. The number of carbonyl (C=O) groups excluding carboxylic acids is 1. The molecule has 0 spiro atoms. The second-order valence-electron chi connectivity index (χ2n) is 6.57. The first-order chi connectivity index (χ1) is 9.90. The average molecular weight is 286 g/mol. The number of rotatable bonds is 2. The van der Waals surface area contributed by atoms with Crippen LogP contribution in [0.5, 0.6) is 0 Å². The smallest absolute Gasteiger partial charge is 0.330 e. The van der Waals surface area contributed by atoms with Gasteiger partial charge in [-0.3, -0.25) is 0 Å². The molecule has 21 heavy (non-hydrogen) atoms. The van der Waals surface area contributed by atoms with E-state index in [-0.39, 0.29) is 5.97 Å². The zero-order chi connectivity index (χ0) is 15.5. The number of benzene rings is 1. The molecule has 0 radical (unpaired) electrons. The first-order valence-corrected chi connectivity index (χ1v) is 7.37. The number of hydrogen-bond acceptors (Lipinski definition) is 4. The maximum Gasteiger partial charge on any atom is 0.330 e. The zero-order valence-electron chi connectivity index (χ0n) is 12.9. The maximum absolute atomic E-state index is 11.9. The largest absolute Gasteiger partial charge is 0.367 e. The van der Waals surface area contributed by atoms with E-state index in [0.717, 1.165) is 25.9 Å². The fourth-order valence-electron chi connectivity index (χ4n) is 2.40. The summed E-state index contributed by atoms with van der Waals surface area (Å²) in [7, 11) is 0. The highest BCUT2D eigenvalue weighted by atomic mass is 16.7. The topological polar surface area (TPSA) is 53.3 Å². The van der Waals surface area contributed by atoms with Crippen molar-refractivity contribution < 1.29 is 9.63 Å². The lowest BCUT2D eigenvalue weighted by Crippen LogP contribution is -2.38. The van der Waals surface area contributed by atoms with Crippen molar-refractivity contribution in [2.45, 2.75) is 39.5 Å². The van der Waals surface area contributed by atoms with E-state index in [4.69, 9.17) is 10.1 Å². The number of hydroxylamine groups is 2. The number of nitrogens with zero attached hydrogens (tertiary/aromatic N) is 2. The molecular weight excluding hydrogens is 264 g/mol. The molecule has 0 unspecified atom stereocenters. The Bertz CT molecular complexity index is 547. The molecule has 112 valence electrons. The van der Waals surface area contributed by atoms with Gasteiger partial charge in [0.25, 0.3) is 0 Å². The average Bonchev–Trinajstić information content (AvgIpc) is 2.47. The van der Waals surface area contributed by atoms with Crippen LogP contribution in [0.4, 0.5) is 0 Å². The van der Waals surface area contributed by atoms with Crippen LogP contribution < -0.4 is 0 Å². The molecule has 0 atom stereocenters. The molecule has 1 aromatic carbocycles. The summed E-state index contributed by atoms with van der Waals surface area (Å²) in [6.45, 7) is 7.05. The third-order valence-electron chi connectivity index (χ3n) is 3.77. The van der Waals surface area contributed by atoms with Crippen molar-refractivity contribution in [2.75, 3.05) is 13.1 Å². The lowest BCUT2D eigenvalue weighted by molar-refractivity contribution is -0.204. The van der Waals surface area contributed by atoms with E-state index in [1.54, 1.807) is 5.06 Å². The van der Waals surface area contributed by atoms with E-state index in [1.807, 2.05) is 39.0 Å². The summed E-state index contributed by atoms with van der Waals surface area (Å²) >= 11 is 0. The summed E-state index contributed by atoms with van der Waals surface area (Å²) in [6, 6.07) is 9.96. The van der Waals surface area contributed by atoms with Gasteiger partial charge in [-0.05, 0) is 57.2 Å². The number of nitriles is 1. The highest BCUT2D eigenvalue weighted by molar-refractivity contribution is 5.75. The van der Waals surface area contributed by atoms with Crippen LogP contribution in [0.3, 0.4) is 0 Å². The lowest BCUT2D eigenvalue weighted by Gasteiger charge is -2.32. The number of piperidine rings is 1. The lowest BCUT2D eigenvalue weighted by atomic mass is 9.89. The highest BCUT2D eigenvalue weighted by Crippen LogP contribution is 2.29. The molecule has 2 rings (SSSR count). The van der Waals surface area contributed by atoms with Gasteiger partial charge < -0.3 is 4.84 Å². The van der Waals surface area contributed by atoms with Crippen LogP contribution in [0.15, 0.2) is 24.3 Å². The van der Waals surface area contributed by atoms with Crippen molar-refractivity contribution in [2.24, 2.45) is 5.41 Å². The Morgan fingerprint density at radius 3 is 2.57 bits per heavy atom. The number of carbonyl (C=O) groups is 1. The Hall–Kier alpha value is -1.86. The summed E-state index contributed by atoms with van der Waals surface area (Å²) in [4.78, 5) is 17.3. The molecule has 1 saturated heterocycles. The molecular formula is C17H22N2O2. The van der Waals surface area contributed by atoms with Gasteiger partial charge in [-0.2, -0.15) is 5.26 Å². The van der Waals surface area contributed by atoms with E-state index in [9.17, 15) is 4.79 Å². The van der Waals surface area contributed by atoms with E-state index >= 15 is 0 Å². The van der Waals surface area contributed by atoms with Crippen molar-refractivity contribution in [3.05, 3.63) is 35.4 Å². The SMILES string of the molecule is CC(C)(C)C(=O)ON1CCC(c2cccc(C#N)c2)CC1. The quantitative estimate of drug-likeness (QED) is 0.837. The molecule has 1 fully saturated rings. The van der Waals surface area contributed by atoms with Crippen molar-refractivity contribution in [1.82, 2.24) is 5.06 Å². The summed E-state index contributed by atoms with van der Waals surface area (Å²) in [5.41, 5.74) is 1.43. The van der Waals surface area contributed by atoms with Gasteiger partial charge in [-0.15, -0.1) is 5.06 Å². The van der Waals surface area contributed by atoms with Crippen molar-refractivity contribution in [3.8, 4) is 6.07 Å². The molecule has 4 heteroatoms. The minimum Gasteiger partial charge on any atom is -0.367 e. The predicted molar refractivity (Wildman–Crippen MR) is 80.3 cm³/mol. The van der Waals surface area contributed by atoms with Gasteiger partial charge in [0.1, 0.15) is 0 Å². The van der Waals surface area contributed by atoms with E-state index in [1.165, 1.54) is 5.56 Å². The molecule has 1 heterocycles. The predicted octanol–water partition coefficient (Wildman–Crippen LogP) is 3.24. The van der Waals surface area contributed by atoms with E-state index < -0.39 is 5.41 Å². The Balaban J connectivity index is 1.91. The number of hydrogen-bond donors (Lipinski definition) is 0. The molecule has 4 nitrogen and oxygen atoms in total. The fraction of sp³-hybridized carbons (Fsp3) is 0.529. The second-order valence-corrected chi connectivity index (χ2v) is 6.57. The van der Waals surface area contributed by atoms with Crippen LogP contribution in [0, 0.1) is 16.7 Å². The van der Waals surface area contributed by atoms with Gasteiger partial charge in [-0.1, -0.05) is 12.1 Å². The third-order valence-corrected chi connectivity index (χ3v) is 3.77. The Labute approximate surface area is 126 Å².